The molecule has 12 nitrogen and oxygen atoms in total. The van der Waals surface area contributed by atoms with E-state index in [2.05, 4.69) is 24.5 Å². The first-order chi connectivity index (χ1) is 34.3. The van der Waals surface area contributed by atoms with Gasteiger partial charge in [0, 0.05) is 47.9 Å². The Morgan fingerprint density at radius 3 is 1.42 bits per heavy atom. The monoisotopic (exact) mass is 1030 g/mol. The fraction of sp³-hybridized carbons (Fsp3) is 0.797. The molecule has 0 bridgehead atoms. The Bertz CT molecular complexity index is 1620. The van der Waals surface area contributed by atoms with E-state index in [-0.39, 0.29) is 54.5 Å². The molecule has 1 aromatic rings. The summed E-state index contributed by atoms with van der Waals surface area (Å²) in [6.45, 7) is 16.8. The van der Waals surface area contributed by atoms with Crippen LogP contribution in [-0.4, -0.2) is 76.6 Å². The Morgan fingerprint density at radius 1 is 0.542 bits per heavy atom. The second kappa shape index (κ2) is 40.7. The van der Waals surface area contributed by atoms with Gasteiger partial charge in [-0.1, -0.05) is 175 Å². The number of carbonyl (C=O) groups is 6. The predicted molar refractivity (Wildman–Crippen MR) is 295 cm³/mol. The van der Waals surface area contributed by atoms with Gasteiger partial charge in [-0.15, -0.1) is 0 Å². The minimum atomic E-state index is -1.09. The molecule has 0 heterocycles. The molecular formula is C59H102N2O10S. The van der Waals surface area contributed by atoms with Gasteiger partial charge >= 0.3 is 23.9 Å². The number of rotatable bonds is 43. The molecule has 0 aliphatic carbocycles. The van der Waals surface area contributed by atoms with Gasteiger partial charge in [0.15, 0.2) is 0 Å². The molecule has 0 aromatic heterocycles. The van der Waals surface area contributed by atoms with Crippen molar-refractivity contribution in [3.05, 3.63) is 29.8 Å². The lowest BCUT2D eigenvalue weighted by molar-refractivity contribution is -0.158. The summed E-state index contributed by atoms with van der Waals surface area (Å²) in [6, 6.07) is 5.20. The minimum Gasteiger partial charge on any atom is -0.462 e. The first-order valence-corrected chi connectivity index (χ1v) is 29.5. The van der Waals surface area contributed by atoms with Crippen molar-refractivity contribution in [1.29, 1.82) is 0 Å². The van der Waals surface area contributed by atoms with Gasteiger partial charge in [0.2, 0.25) is 5.91 Å². The number of nitrogens with one attached hydrogen (secondary N) is 2. The highest BCUT2D eigenvalue weighted by Crippen LogP contribution is 2.21. The maximum Gasteiger partial charge on any atom is 0.329 e. The number of thioether (sulfide) groups is 1. The summed E-state index contributed by atoms with van der Waals surface area (Å²) in [4.78, 5) is 77.7. The van der Waals surface area contributed by atoms with Crippen molar-refractivity contribution in [3.63, 3.8) is 0 Å². The van der Waals surface area contributed by atoms with Gasteiger partial charge in [-0.25, -0.2) is 4.79 Å². The van der Waals surface area contributed by atoms with Gasteiger partial charge in [0.05, 0.1) is 0 Å². The average Bonchev–Trinajstić information content (AvgIpc) is 3.30. The number of anilines is 1. The number of benzene rings is 1. The van der Waals surface area contributed by atoms with Gasteiger partial charge in [-0.05, 0) is 85.1 Å². The van der Waals surface area contributed by atoms with E-state index in [0.29, 0.717) is 24.3 Å². The van der Waals surface area contributed by atoms with Crippen LogP contribution in [-0.2, 0) is 42.9 Å². The molecule has 0 aliphatic rings. The zero-order valence-electron chi connectivity index (χ0n) is 46.9. The van der Waals surface area contributed by atoms with Crippen LogP contribution < -0.4 is 10.6 Å². The van der Waals surface area contributed by atoms with Gasteiger partial charge < -0.3 is 29.6 Å². The number of carbonyl (C=O) groups excluding carboxylic acids is 6. The minimum absolute atomic E-state index is 0.00667. The molecule has 1 rings (SSSR count). The number of ether oxygens (including phenoxy) is 4. The highest BCUT2D eigenvalue weighted by atomic mass is 32.2. The molecule has 0 aliphatic heterocycles. The first-order valence-electron chi connectivity index (χ1n) is 28.4. The summed E-state index contributed by atoms with van der Waals surface area (Å²) >= 11 is 1.48. The van der Waals surface area contributed by atoms with E-state index >= 15 is 0 Å². The Hall–Kier alpha value is -3.61. The average molecular weight is 1030 g/mol. The Morgan fingerprint density at radius 2 is 0.972 bits per heavy atom. The summed E-state index contributed by atoms with van der Waals surface area (Å²) in [5.41, 5.74) is -0.759. The van der Waals surface area contributed by atoms with Crippen LogP contribution in [0.4, 0.5) is 5.69 Å². The van der Waals surface area contributed by atoms with Crippen molar-refractivity contribution >= 4 is 53.1 Å². The third kappa shape index (κ3) is 38.9. The second-order valence-electron chi connectivity index (χ2n) is 21.9. The maximum absolute atomic E-state index is 13.3. The topological polar surface area (TPSA) is 163 Å². The second-order valence-corrected chi connectivity index (χ2v) is 23.4. The first kappa shape index (κ1) is 66.4. The Kier molecular flexibility index (Phi) is 37.6. The predicted octanol–water partition coefficient (Wildman–Crippen LogP) is 15.1. The summed E-state index contributed by atoms with van der Waals surface area (Å²) in [5.74, 6) is -2.13. The summed E-state index contributed by atoms with van der Waals surface area (Å²) in [7, 11) is 0. The quantitative estimate of drug-likeness (QED) is 0.0363. The molecule has 72 heavy (non-hydrogen) atoms. The fourth-order valence-electron chi connectivity index (χ4n) is 8.22. The molecule has 2 unspecified atom stereocenters. The molecule has 0 saturated heterocycles. The van der Waals surface area contributed by atoms with E-state index in [0.717, 1.165) is 38.5 Å². The molecule has 414 valence electrons. The van der Waals surface area contributed by atoms with Crippen LogP contribution in [0.2, 0.25) is 0 Å². The summed E-state index contributed by atoms with van der Waals surface area (Å²) in [6.07, 6.45) is 32.0. The van der Waals surface area contributed by atoms with E-state index in [4.69, 9.17) is 18.9 Å². The molecule has 0 fully saturated rings. The number of hydrogen-bond acceptors (Lipinski definition) is 11. The summed E-state index contributed by atoms with van der Waals surface area (Å²) in [5, 5.41) is 5.43. The SMILES string of the molecule is CCCCCCCCCCCCCCCC(=O)OCC(CSC(C)CC(=O)Nc1ccc(C(=O)N[C@@H](CCC(=O)OC(C)(C)C)C(=O)OC(C)(C)C)cc1)OC(=O)CCCCCCCCCCCCCCC. The highest BCUT2D eigenvalue weighted by molar-refractivity contribution is 7.99. The normalized spacial score (nSPS) is 12.9. The molecule has 0 spiro atoms. The molecule has 0 radical (unpaired) electrons. The third-order valence-electron chi connectivity index (χ3n) is 12.2. The van der Waals surface area contributed by atoms with Gasteiger partial charge in [0.25, 0.3) is 5.91 Å². The Balaban J connectivity index is 2.68. The molecular weight excluding hydrogens is 929 g/mol. The lowest BCUT2D eigenvalue weighted by Crippen LogP contribution is -2.44. The van der Waals surface area contributed by atoms with Crippen molar-refractivity contribution in [1.82, 2.24) is 5.32 Å². The van der Waals surface area contributed by atoms with E-state index < -0.39 is 41.2 Å². The third-order valence-corrected chi connectivity index (χ3v) is 13.5. The van der Waals surface area contributed by atoms with Gasteiger partial charge in [-0.3, -0.25) is 24.0 Å². The van der Waals surface area contributed by atoms with E-state index in [1.807, 2.05) is 6.92 Å². The lowest BCUT2D eigenvalue weighted by Gasteiger charge is -2.25. The lowest BCUT2D eigenvalue weighted by atomic mass is 10.0. The maximum atomic E-state index is 13.3. The zero-order valence-corrected chi connectivity index (χ0v) is 47.7. The van der Waals surface area contributed by atoms with Crippen LogP contribution in [0.25, 0.3) is 0 Å². The van der Waals surface area contributed by atoms with Crippen molar-refractivity contribution in [2.24, 2.45) is 0 Å². The summed E-state index contributed by atoms with van der Waals surface area (Å²) < 4.78 is 22.5. The number of hydrogen-bond donors (Lipinski definition) is 2. The van der Waals surface area contributed by atoms with Crippen LogP contribution in [0.1, 0.15) is 272 Å². The molecule has 3 atom stereocenters. The van der Waals surface area contributed by atoms with Crippen molar-refractivity contribution in [2.75, 3.05) is 17.7 Å². The smallest absolute Gasteiger partial charge is 0.329 e. The van der Waals surface area contributed by atoms with Crippen LogP contribution in [0, 0.1) is 0 Å². The van der Waals surface area contributed by atoms with Gasteiger partial charge in [0.1, 0.15) is 30.0 Å². The van der Waals surface area contributed by atoms with Crippen LogP contribution in [0.5, 0.6) is 0 Å². The van der Waals surface area contributed by atoms with Gasteiger partial charge in [-0.2, -0.15) is 11.8 Å². The van der Waals surface area contributed by atoms with Crippen molar-refractivity contribution < 1.29 is 47.7 Å². The van der Waals surface area contributed by atoms with E-state index in [1.54, 1.807) is 65.8 Å². The molecule has 2 N–H and O–H groups in total. The zero-order chi connectivity index (χ0) is 53.5. The van der Waals surface area contributed by atoms with E-state index in [9.17, 15) is 28.8 Å². The van der Waals surface area contributed by atoms with Crippen LogP contribution in [0.15, 0.2) is 24.3 Å². The van der Waals surface area contributed by atoms with Crippen molar-refractivity contribution in [2.45, 2.75) is 290 Å². The highest BCUT2D eigenvalue weighted by Gasteiger charge is 2.29. The number of amides is 2. The van der Waals surface area contributed by atoms with E-state index in [1.165, 1.54) is 140 Å². The molecule has 13 heteroatoms. The Labute approximate surface area is 441 Å². The molecule has 1 aromatic carbocycles. The number of unbranched alkanes of at least 4 members (excludes halogenated alkanes) is 24. The molecule has 0 saturated carbocycles. The van der Waals surface area contributed by atoms with Crippen molar-refractivity contribution in [3.8, 4) is 0 Å². The standard InChI is InChI=1S/C59H102N2O10S/c1-10-12-14-16-18-20-22-24-26-28-30-32-34-36-53(63)68-45-50(69-54(64)37-35-33-31-29-27-25-23-21-19-17-15-13-11-2)46-72-47(3)44-52(62)60-49-40-38-48(39-41-49)56(66)61-51(57(67)71-59(7,8)9)42-43-55(65)70-58(4,5)6/h38-41,47,50-51H,10-37,42-46H2,1-9H3,(H,60,62)(H,61,66)/t47?,50?,51-/m0/s1. The fourth-order valence-corrected chi connectivity index (χ4v) is 9.20. The van der Waals surface area contributed by atoms with Crippen LogP contribution in [0.3, 0.4) is 0 Å². The largest absolute Gasteiger partial charge is 0.462 e. The number of esters is 4. The van der Waals surface area contributed by atoms with Crippen LogP contribution >= 0.6 is 11.8 Å². The molecule has 2 amide bonds.